The van der Waals surface area contributed by atoms with Gasteiger partial charge >= 0.3 is 5.97 Å². The summed E-state index contributed by atoms with van der Waals surface area (Å²) in [6, 6.07) is 0. The first kappa shape index (κ1) is 12.8. The van der Waals surface area contributed by atoms with E-state index >= 15 is 0 Å². The topological polar surface area (TPSA) is 66.3 Å². The average molecular weight is 265 g/mol. The van der Waals surface area contributed by atoms with Crippen molar-refractivity contribution >= 4 is 33.3 Å². The number of thiophene rings is 1. The Kier molecular flexibility index (Phi) is 3.76. The van der Waals surface area contributed by atoms with Crippen molar-refractivity contribution < 1.29 is 9.90 Å². The average Bonchev–Trinajstić information content (AvgIpc) is 2.70. The zero-order valence-corrected chi connectivity index (χ0v) is 11.2. The quantitative estimate of drug-likeness (QED) is 0.898. The van der Waals surface area contributed by atoms with Gasteiger partial charge < -0.3 is 10.0 Å². The molecule has 0 unspecified atom stereocenters. The molecule has 6 heteroatoms. The minimum absolute atomic E-state index is 0.0309. The van der Waals surface area contributed by atoms with Gasteiger partial charge in [0.15, 0.2) is 5.82 Å². The van der Waals surface area contributed by atoms with Crippen LogP contribution in [0.1, 0.15) is 18.9 Å². The second-order valence-electron chi connectivity index (χ2n) is 4.11. The van der Waals surface area contributed by atoms with E-state index in [2.05, 4.69) is 9.97 Å². The summed E-state index contributed by atoms with van der Waals surface area (Å²) < 4.78 is 0.963. The summed E-state index contributed by atoms with van der Waals surface area (Å²) in [6.07, 6.45) is 2.38. The third-order valence-electron chi connectivity index (χ3n) is 2.63. The van der Waals surface area contributed by atoms with Gasteiger partial charge in [-0.1, -0.05) is 6.92 Å². The highest BCUT2D eigenvalue weighted by Gasteiger charge is 2.16. The minimum Gasteiger partial charge on any atom is -0.480 e. The molecular formula is C12H15N3O2S. The molecular weight excluding hydrogens is 250 g/mol. The van der Waals surface area contributed by atoms with E-state index in [9.17, 15) is 4.79 Å². The monoisotopic (exact) mass is 265 g/mol. The highest BCUT2D eigenvalue weighted by molar-refractivity contribution is 7.18. The first-order valence-corrected chi connectivity index (χ1v) is 6.67. The maximum atomic E-state index is 10.9. The highest BCUT2D eigenvalue weighted by Crippen LogP contribution is 2.30. The predicted molar refractivity (Wildman–Crippen MR) is 72.3 cm³/mol. The summed E-state index contributed by atoms with van der Waals surface area (Å²) in [7, 11) is 0. The van der Waals surface area contributed by atoms with Crippen LogP contribution < -0.4 is 4.90 Å². The molecule has 0 fully saturated rings. The SMILES string of the molecule is CCCN(CC(=O)O)c1ncnc2c(C)csc12. The summed E-state index contributed by atoms with van der Waals surface area (Å²) in [4.78, 5) is 21.2. The van der Waals surface area contributed by atoms with Crippen LogP contribution in [0.15, 0.2) is 11.7 Å². The van der Waals surface area contributed by atoms with Crippen LogP contribution in [0.2, 0.25) is 0 Å². The van der Waals surface area contributed by atoms with Crippen molar-refractivity contribution in [3.8, 4) is 0 Å². The number of aromatic nitrogens is 2. The number of hydrogen-bond donors (Lipinski definition) is 1. The zero-order chi connectivity index (χ0) is 13.1. The molecule has 18 heavy (non-hydrogen) atoms. The van der Waals surface area contributed by atoms with Gasteiger partial charge in [-0.2, -0.15) is 0 Å². The molecule has 0 bridgehead atoms. The molecule has 1 N–H and O–H groups in total. The van der Waals surface area contributed by atoms with Crippen LogP contribution in [0.3, 0.4) is 0 Å². The number of anilines is 1. The normalized spacial score (nSPS) is 10.8. The largest absolute Gasteiger partial charge is 0.480 e. The summed E-state index contributed by atoms with van der Waals surface area (Å²) in [5, 5.41) is 11.0. The van der Waals surface area contributed by atoms with Crippen LogP contribution >= 0.6 is 11.3 Å². The fourth-order valence-electron chi connectivity index (χ4n) is 1.88. The number of nitrogens with zero attached hydrogens (tertiary/aromatic N) is 3. The lowest BCUT2D eigenvalue weighted by molar-refractivity contribution is -0.135. The van der Waals surface area contributed by atoms with Crippen LogP contribution in [-0.4, -0.2) is 34.1 Å². The number of carboxylic acids is 1. The van der Waals surface area contributed by atoms with E-state index in [-0.39, 0.29) is 6.54 Å². The highest BCUT2D eigenvalue weighted by atomic mass is 32.1. The van der Waals surface area contributed by atoms with Crippen molar-refractivity contribution in [1.82, 2.24) is 9.97 Å². The number of hydrogen-bond acceptors (Lipinski definition) is 5. The number of aryl methyl sites for hydroxylation is 1. The van der Waals surface area contributed by atoms with Gasteiger partial charge in [-0.05, 0) is 24.3 Å². The lowest BCUT2D eigenvalue weighted by Gasteiger charge is -2.21. The van der Waals surface area contributed by atoms with Gasteiger partial charge in [0, 0.05) is 6.54 Å². The lowest BCUT2D eigenvalue weighted by atomic mass is 10.3. The number of carboxylic acid groups (broad SMARTS) is 1. The van der Waals surface area contributed by atoms with Gasteiger partial charge in [-0.15, -0.1) is 11.3 Å². The van der Waals surface area contributed by atoms with Crippen LogP contribution in [-0.2, 0) is 4.79 Å². The Morgan fingerprint density at radius 1 is 1.50 bits per heavy atom. The van der Waals surface area contributed by atoms with Crippen molar-refractivity contribution in [2.45, 2.75) is 20.3 Å². The molecule has 0 atom stereocenters. The number of fused-ring (bicyclic) bond motifs is 1. The van der Waals surface area contributed by atoms with E-state index in [0.717, 1.165) is 28.0 Å². The van der Waals surface area contributed by atoms with Crippen molar-refractivity contribution in [1.29, 1.82) is 0 Å². The van der Waals surface area contributed by atoms with Gasteiger partial charge in [0.25, 0.3) is 0 Å². The molecule has 0 spiro atoms. The molecule has 0 aromatic carbocycles. The van der Waals surface area contributed by atoms with Crippen molar-refractivity contribution in [3.05, 3.63) is 17.3 Å². The van der Waals surface area contributed by atoms with E-state index in [1.807, 2.05) is 19.2 Å². The van der Waals surface area contributed by atoms with E-state index in [4.69, 9.17) is 5.11 Å². The third-order valence-corrected chi connectivity index (χ3v) is 3.71. The minimum atomic E-state index is -0.844. The Balaban J connectivity index is 2.46. The zero-order valence-electron chi connectivity index (χ0n) is 10.4. The fourth-order valence-corrected chi connectivity index (χ4v) is 2.89. The van der Waals surface area contributed by atoms with Crippen molar-refractivity contribution in [2.24, 2.45) is 0 Å². The van der Waals surface area contributed by atoms with E-state index < -0.39 is 5.97 Å². The van der Waals surface area contributed by atoms with Gasteiger partial charge in [-0.3, -0.25) is 4.79 Å². The molecule has 5 nitrogen and oxygen atoms in total. The van der Waals surface area contributed by atoms with Crippen LogP contribution in [0.4, 0.5) is 5.82 Å². The van der Waals surface area contributed by atoms with E-state index in [0.29, 0.717) is 6.54 Å². The molecule has 2 aromatic heterocycles. The molecule has 0 saturated carbocycles. The second kappa shape index (κ2) is 5.30. The van der Waals surface area contributed by atoms with E-state index in [1.54, 1.807) is 16.2 Å². The molecule has 0 aliphatic carbocycles. The smallest absolute Gasteiger partial charge is 0.323 e. The van der Waals surface area contributed by atoms with Crippen LogP contribution in [0.25, 0.3) is 10.2 Å². The van der Waals surface area contributed by atoms with Crippen LogP contribution in [0, 0.1) is 6.92 Å². The molecule has 0 saturated heterocycles. The molecule has 0 radical (unpaired) electrons. The standard InChI is InChI=1S/C12H15N3O2S/c1-3-4-15(5-9(16)17)12-11-10(13-7-14-12)8(2)6-18-11/h6-7H,3-5H2,1-2H3,(H,16,17). The lowest BCUT2D eigenvalue weighted by Crippen LogP contribution is -2.31. The number of carbonyl (C=O) groups is 1. The molecule has 0 amide bonds. The third kappa shape index (κ3) is 2.43. The second-order valence-corrected chi connectivity index (χ2v) is 4.99. The fraction of sp³-hybridized carbons (Fsp3) is 0.417. The summed E-state index contributed by atoms with van der Waals surface area (Å²) in [5.74, 6) is -0.120. The molecule has 2 aromatic rings. The summed E-state index contributed by atoms with van der Waals surface area (Å²) >= 11 is 1.56. The van der Waals surface area contributed by atoms with Gasteiger partial charge in [0.1, 0.15) is 12.9 Å². The maximum absolute atomic E-state index is 10.9. The molecule has 0 aliphatic heterocycles. The summed E-state index contributed by atoms with van der Waals surface area (Å²) in [5.41, 5.74) is 2.02. The maximum Gasteiger partial charge on any atom is 0.323 e. The molecule has 0 aliphatic rings. The summed E-state index contributed by atoms with van der Waals surface area (Å²) in [6.45, 7) is 4.66. The first-order chi connectivity index (χ1) is 8.63. The van der Waals surface area contributed by atoms with Gasteiger partial charge in [0.05, 0.1) is 10.2 Å². The molecule has 96 valence electrons. The predicted octanol–water partition coefficient (Wildman–Crippen LogP) is 2.30. The molecule has 2 heterocycles. The van der Waals surface area contributed by atoms with Crippen molar-refractivity contribution in [3.63, 3.8) is 0 Å². The number of aliphatic carboxylic acids is 1. The Bertz CT molecular complexity index is 567. The van der Waals surface area contributed by atoms with Crippen LogP contribution in [0.5, 0.6) is 0 Å². The number of rotatable bonds is 5. The Morgan fingerprint density at radius 3 is 2.94 bits per heavy atom. The van der Waals surface area contributed by atoms with Gasteiger partial charge in [0.2, 0.25) is 0 Å². The molecule has 2 rings (SSSR count). The van der Waals surface area contributed by atoms with E-state index in [1.165, 1.54) is 6.33 Å². The van der Waals surface area contributed by atoms with Crippen molar-refractivity contribution in [2.75, 3.05) is 18.0 Å². The first-order valence-electron chi connectivity index (χ1n) is 5.79. The Hall–Kier alpha value is -1.69. The Labute approximate surface area is 109 Å². The Morgan fingerprint density at radius 2 is 2.28 bits per heavy atom. The van der Waals surface area contributed by atoms with Gasteiger partial charge in [-0.25, -0.2) is 9.97 Å².